The Balaban J connectivity index is 1.69. The van der Waals surface area contributed by atoms with Crippen LogP contribution in [0.15, 0.2) is 54.7 Å². The van der Waals surface area contributed by atoms with Crippen molar-refractivity contribution in [2.75, 3.05) is 19.3 Å². The SMILES string of the molecule is CS(=O)(=O)NC(=O)c1ccc(-c2ccnc3ccc(C(=O)N4CCC4)cc23)cc1. The van der Waals surface area contributed by atoms with E-state index in [1.807, 2.05) is 27.8 Å². The van der Waals surface area contributed by atoms with Crippen LogP contribution in [0.2, 0.25) is 0 Å². The van der Waals surface area contributed by atoms with Crippen LogP contribution < -0.4 is 4.72 Å². The highest BCUT2D eigenvalue weighted by Crippen LogP contribution is 2.29. The van der Waals surface area contributed by atoms with E-state index in [0.29, 0.717) is 5.56 Å². The molecule has 3 aromatic rings. The largest absolute Gasteiger partial charge is 0.339 e. The summed E-state index contributed by atoms with van der Waals surface area (Å²) in [5.41, 5.74) is 3.34. The van der Waals surface area contributed by atoms with Gasteiger partial charge >= 0.3 is 0 Å². The van der Waals surface area contributed by atoms with Crippen molar-refractivity contribution < 1.29 is 18.0 Å². The van der Waals surface area contributed by atoms with Crippen molar-refractivity contribution in [1.82, 2.24) is 14.6 Å². The number of likely N-dealkylation sites (tertiary alicyclic amines) is 1. The second kappa shape index (κ2) is 7.29. The molecule has 0 saturated carbocycles. The summed E-state index contributed by atoms with van der Waals surface area (Å²) in [4.78, 5) is 30.7. The van der Waals surface area contributed by atoms with Gasteiger partial charge in [-0.05, 0) is 53.9 Å². The molecule has 148 valence electrons. The average molecular weight is 409 g/mol. The highest BCUT2D eigenvalue weighted by molar-refractivity contribution is 7.89. The zero-order valence-electron chi connectivity index (χ0n) is 15.8. The molecule has 1 aliphatic rings. The minimum absolute atomic E-state index is 0.0146. The molecule has 0 aliphatic carbocycles. The summed E-state index contributed by atoms with van der Waals surface area (Å²) in [6.07, 6.45) is 3.66. The number of aromatic nitrogens is 1. The summed E-state index contributed by atoms with van der Waals surface area (Å²) in [7, 11) is -3.62. The number of carbonyl (C=O) groups excluding carboxylic acids is 2. The third-order valence-corrected chi connectivity index (χ3v) is 5.42. The van der Waals surface area contributed by atoms with E-state index in [0.717, 1.165) is 47.8 Å². The molecule has 29 heavy (non-hydrogen) atoms. The first-order valence-corrected chi connectivity index (χ1v) is 11.0. The van der Waals surface area contributed by atoms with E-state index in [2.05, 4.69) is 4.98 Å². The molecule has 7 nitrogen and oxygen atoms in total. The van der Waals surface area contributed by atoms with E-state index < -0.39 is 15.9 Å². The predicted octanol–water partition coefficient (Wildman–Crippen LogP) is 2.44. The van der Waals surface area contributed by atoms with Gasteiger partial charge in [0, 0.05) is 35.8 Å². The van der Waals surface area contributed by atoms with Crippen molar-refractivity contribution in [2.45, 2.75) is 6.42 Å². The predicted molar refractivity (Wildman–Crippen MR) is 110 cm³/mol. The van der Waals surface area contributed by atoms with Gasteiger partial charge in [0.25, 0.3) is 11.8 Å². The molecule has 2 aromatic carbocycles. The second-order valence-corrected chi connectivity index (χ2v) is 8.77. The molecule has 2 heterocycles. The molecule has 1 aliphatic heterocycles. The molecule has 1 saturated heterocycles. The molecule has 0 bridgehead atoms. The van der Waals surface area contributed by atoms with Crippen LogP contribution in [0.4, 0.5) is 0 Å². The first kappa shape index (κ1) is 19.1. The normalized spacial score (nSPS) is 13.8. The number of hydrogen-bond acceptors (Lipinski definition) is 5. The van der Waals surface area contributed by atoms with E-state index >= 15 is 0 Å². The number of sulfonamides is 1. The number of hydrogen-bond donors (Lipinski definition) is 1. The Morgan fingerprint density at radius 3 is 2.31 bits per heavy atom. The molecule has 1 aromatic heterocycles. The molecule has 0 atom stereocenters. The first-order chi connectivity index (χ1) is 13.8. The number of rotatable bonds is 4. The third kappa shape index (κ3) is 3.97. The lowest BCUT2D eigenvalue weighted by molar-refractivity contribution is 0.0652. The van der Waals surface area contributed by atoms with Crippen LogP contribution in [0.5, 0.6) is 0 Å². The van der Waals surface area contributed by atoms with Gasteiger partial charge in [-0.1, -0.05) is 12.1 Å². The average Bonchev–Trinajstić information content (AvgIpc) is 2.64. The van der Waals surface area contributed by atoms with Crippen LogP contribution in [0, 0.1) is 0 Å². The van der Waals surface area contributed by atoms with E-state index in [4.69, 9.17) is 0 Å². The number of benzene rings is 2. The second-order valence-electron chi connectivity index (χ2n) is 7.02. The summed E-state index contributed by atoms with van der Waals surface area (Å²) in [5, 5.41) is 0.840. The lowest BCUT2D eigenvalue weighted by Gasteiger charge is -2.31. The van der Waals surface area contributed by atoms with Crippen molar-refractivity contribution in [2.24, 2.45) is 0 Å². The molecular weight excluding hydrogens is 390 g/mol. The molecular formula is C21H19N3O4S. The Morgan fingerprint density at radius 2 is 1.69 bits per heavy atom. The van der Waals surface area contributed by atoms with Crippen LogP contribution in [0.3, 0.4) is 0 Å². The molecule has 4 rings (SSSR count). The molecule has 0 unspecified atom stereocenters. The van der Waals surface area contributed by atoms with Crippen molar-refractivity contribution >= 4 is 32.7 Å². The molecule has 1 fully saturated rings. The van der Waals surface area contributed by atoms with E-state index in [9.17, 15) is 18.0 Å². The third-order valence-electron chi connectivity index (χ3n) is 4.87. The number of carbonyl (C=O) groups is 2. The Morgan fingerprint density at radius 1 is 1.00 bits per heavy atom. The Labute approximate surface area is 168 Å². The standard InChI is InChI=1S/C21H19N3O4S/c1-29(27,28)23-20(25)15-5-3-14(4-6-15)17-9-10-22-19-8-7-16(13-18(17)19)21(26)24-11-2-12-24/h3-10,13H,2,11-12H2,1H3,(H,23,25). The topological polar surface area (TPSA) is 96.4 Å². The van der Waals surface area contributed by atoms with Gasteiger partial charge in [-0.25, -0.2) is 13.1 Å². The minimum Gasteiger partial charge on any atom is -0.339 e. The van der Waals surface area contributed by atoms with Crippen LogP contribution in [-0.4, -0.2) is 49.5 Å². The van der Waals surface area contributed by atoms with Crippen LogP contribution in [-0.2, 0) is 10.0 Å². The van der Waals surface area contributed by atoms with Crippen LogP contribution >= 0.6 is 0 Å². The maximum absolute atomic E-state index is 12.6. The maximum atomic E-state index is 12.6. The molecule has 8 heteroatoms. The summed E-state index contributed by atoms with van der Waals surface area (Å²) in [6, 6.07) is 14.0. The number of fused-ring (bicyclic) bond motifs is 1. The van der Waals surface area contributed by atoms with Crippen molar-refractivity contribution in [3.63, 3.8) is 0 Å². The number of pyridine rings is 1. The summed E-state index contributed by atoms with van der Waals surface area (Å²) >= 11 is 0. The highest BCUT2D eigenvalue weighted by Gasteiger charge is 2.22. The van der Waals surface area contributed by atoms with E-state index in [1.54, 1.807) is 36.5 Å². The Bertz CT molecular complexity index is 1220. The number of nitrogens with zero attached hydrogens (tertiary/aromatic N) is 2. The fourth-order valence-corrected chi connectivity index (χ4v) is 3.72. The van der Waals surface area contributed by atoms with Crippen LogP contribution in [0.25, 0.3) is 22.0 Å². The van der Waals surface area contributed by atoms with Gasteiger partial charge in [-0.15, -0.1) is 0 Å². The zero-order chi connectivity index (χ0) is 20.6. The van der Waals surface area contributed by atoms with Crippen molar-refractivity contribution in [3.05, 3.63) is 65.9 Å². The lowest BCUT2D eigenvalue weighted by atomic mass is 9.98. The van der Waals surface area contributed by atoms with Crippen molar-refractivity contribution in [1.29, 1.82) is 0 Å². The highest BCUT2D eigenvalue weighted by atomic mass is 32.2. The van der Waals surface area contributed by atoms with Crippen molar-refractivity contribution in [3.8, 4) is 11.1 Å². The zero-order valence-corrected chi connectivity index (χ0v) is 16.6. The Kier molecular flexibility index (Phi) is 4.79. The van der Waals surface area contributed by atoms with Gasteiger partial charge in [0.05, 0.1) is 11.8 Å². The quantitative estimate of drug-likeness (QED) is 0.714. The van der Waals surface area contributed by atoms with Gasteiger partial charge in [0.15, 0.2) is 0 Å². The van der Waals surface area contributed by atoms with Gasteiger partial charge in [0.1, 0.15) is 0 Å². The molecule has 0 spiro atoms. The van der Waals surface area contributed by atoms with Gasteiger partial charge in [0.2, 0.25) is 10.0 Å². The number of amides is 2. The number of nitrogens with one attached hydrogen (secondary N) is 1. The van der Waals surface area contributed by atoms with Gasteiger partial charge < -0.3 is 4.90 Å². The Hall–Kier alpha value is -3.26. The van der Waals surface area contributed by atoms with Crippen LogP contribution in [0.1, 0.15) is 27.1 Å². The lowest BCUT2D eigenvalue weighted by Crippen LogP contribution is -2.41. The van der Waals surface area contributed by atoms with Gasteiger partial charge in [-0.3, -0.25) is 14.6 Å². The van der Waals surface area contributed by atoms with E-state index in [-0.39, 0.29) is 11.5 Å². The fourth-order valence-electron chi connectivity index (χ4n) is 3.26. The maximum Gasteiger partial charge on any atom is 0.264 e. The van der Waals surface area contributed by atoms with E-state index in [1.165, 1.54) is 0 Å². The minimum atomic E-state index is -3.62. The smallest absolute Gasteiger partial charge is 0.264 e. The monoisotopic (exact) mass is 409 g/mol. The summed E-state index contributed by atoms with van der Waals surface area (Å²) < 4.78 is 24.4. The summed E-state index contributed by atoms with van der Waals surface area (Å²) in [5.74, 6) is -0.665. The molecule has 1 N–H and O–H groups in total. The fraction of sp³-hybridized carbons (Fsp3) is 0.190. The molecule has 2 amide bonds. The first-order valence-electron chi connectivity index (χ1n) is 9.12. The molecule has 0 radical (unpaired) electrons. The summed E-state index contributed by atoms with van der Waals surface area (Å²) in [6.45, 7) is 1.57. The van der Waals surface area contributed by atoms with Gasteiger partial charge in [-0.2, -0.15) is 0 Å².